The van der Waals surface area contributed by atoms with Crippen LogP contribution in [0.2, 0.25) is 0 Å². The fourth-order valence-electron chi connectivity index (χ4n) is 2.18. The second-order valence-electron chi connectivity index (χ2n) is 4.97. The smallest absolute Gasteiger partial charge is 0.191 e. The Hall–Kier alpha value is -1.93. The molecule has 2 heteroatoms. The summed E-state index contributed by atoms with van der Waals surface area (Å²) in [6, 6.07) is 17.5. The van der Waals surface area contributed by atoms with Crippen molar-refractivity contribution in [1.82, 2.24) is 0 Å². The van der Waals surface area contributed by atoms with Crippen LogP contribution in [0.5, 0.6) is 0 Å². The van der Waals surface area contributed by atoms with Crippen LogP contribution in [-0.4, -0.2) is 17.0 Å². The summed E-state index contributed by atoms with van der Waals surface area (Å²) in [5.74, 6) is -0.182. The van der Waals surface area contributed by atoms with Crippen molar-refractivity contribution < 1.29 is 9.90 Å². The number of carbonyl (C=O) groups is 1. The van der Waals surface area contributed by atoms with Crippen molar-refractivity contribution in [2.24, 2.45) is 0 Å². The molecule has 0 aliphatic rings. The van der Waals surface area contributed by atoms with Crippen LogP contribution in [0, 0.1) is 0 Å². The molecule has 0 aromatic heterocycles. The van der Waals surface area contributed by atoms with Gasteiger partial charge in [-0.25, -0.2) is 0 Å². The first-order valence-electron chi connectivity index (χ1n) is 7.10. The van der Waals surface area contributed by atoms with Gasteiger partial charge >= 0.3 is 0 Å². The van der Waals surface area contributed by atoms with E-state index in [4.69, 9.17) is 0 Å². The van der Waals surface area contributed by atoms with Crippen LogP contribution in [0.4, 0.5) is 0 Å². The van der Waals surface area contributed by atoms with Crippen molar-refractivity contribution in [3.63, 3.8) is 0 Å². The topological polar surface area (TPSA) is 37.3 Å². The lowest BCUT2D eigenvalue weighted by atomic mass is 9.99. The van der Waals surface area contributed by atoms with Gasteiger partial charge in [0.25, 0.3) is 0 Å². The fourth-order valence-corrected chi connectivity index (χ4v) is 2.18. The highest BCUT2D eigenvalue weighted by molar-refractivity contribution is 5.99. The van der Waals surface area contributed by atoms with Gasteiger partial charge in [0.1, 0.15) is 6.10 Å². The predicted octanol–water partition coefficient (Wildman–Crippen LogP) is 4.09. The third-order valence-corrected chi connectivity index (χ3v) is 3.41. The highest BCUT2D eigenvalue weighted by atomic mass is 16.3. The molecule has 0 fully saturated rings. The van der Waals surface area contributed by atoms with Gasteiger partial charge in [-0.05, 0) is 17.5 Å². The molecular formula is C18H20O2. The minimum Gasteiger partial charge on any atom is -0.385 e. The number of Topliss-reactive ketones (excluding diaryl/α,β-unsaturated/α-hetero) is 1. The summed E-state index contributed by atoms with van der Waals surface area (Å²) in [4.78, 5) is 12.0. The van der Waals surface area contributed by atoms with Crippen molar-refractivity contribution in [3.8, 4) is 11.1 Å². The van der Waals surface area contributed by atoms with Gasteiger partial charge in [-0.1, -0.05) is 74.4 Å². The van der Waals surface area contributed by atoms with Crippen LogP contribution < -0.4 is 0 Å². The zero-order valence-electron chi connectivity index (χ0n) is 11.8. The summed E-state index contributed by atoms with van der Waals surface area (Å²) in [7, 11) is 0. The van der Waals surface area contributed by atoms with E-state index in [1.807, 2.05) is 49.4 Å². The molecule has 1 N–H and O–H groups in total. The van der Waals surface area contributed by atoms with Crippen LogP contribution in [0.15, 0.2) is 54.6 Å². The molecule has 0 bridgehead atoms. The number of hydrogen-bond donors (Lipinski definition) is 1. The zero-order chi connectivity index (χ0) is 14.4. The van der Waals surface area contributed by atoms with Crippen LogP contribution in [0.3, 0.4) is 0 Å². The number of unbranched alkanes of at least 4 members (excludes halogenated alkanes) is 1. The predicted molar refractivity (Wildman–Crippen MR) is 81.7 cm³/mol. The molecule has 0 saturated heterocycles. The Morgan fingerprint density at radius 1 is 1.00 bits per heavy atom. The van der Waals surface area contributed by atoms with Gasteiger partial charge in [0.15, 0.2) is 5.78 Å². The Morgan fingerprint density at radius 2 is 1.60 bits per heavy atom. The number of aliphatic hydroxyl groups is 1. The van der Waals surface area contributed by atoms with E-state index in [-0.39, 0.29) is 5.78 Å². The molecule has 0 heterocycles. The standard InChI is InChI=1S/C18H20O2/c1-2-3-9-17(19)18(20)16-12-10-15(11-13-16)14-7-5-4-6-8-14/h4-8,10-13,17,19H,2-3,9H2,1H3. The molecule has 0 aliphatic heterocycles. The molecule has 0 spiro atoms. The highest BCUT2D eigenvalue weighted by Gasteiger charge is 2.16. The van der Waals surface area contributed by atoms with Gasteiger partial charge < -0.3 is 5.11 Å². The SMILES string of the molecule is CCCCC(O)C(=O)c1ccc(-c2ccccc2)cc1. The zero-order valence-corrected chi connectivity index (χ0v) is 11.8. The van der Waals surface area contributed by atoms with Crippen molar-refractivity contribution in [3.05, 3.63) is 60.2 Å². The first-order valence-corrected chi connectivity index (χ1v) is 7.10. The summed E-state index contributed by atoms with van der Waals surface area (Å²) < 4.78 is 0. The van der Waals surface area contributed by atoms with Crippen molar-refractivity contribution in [2.45, 2.75) is 32.3 Å². The number of aliphatic hydroxyl groups excluding tert-OH is 1. The Bertz CT molecular complexity index is 543. The van der Waals surface area contributed by atoms with Crippen LogP contribution in [0.1, 0.15) is 36.5 Å². The van der Waals surface area contributed by atoms with Crippen molar-refractivity contribution in [1.29, 1.82) is 0 Å². The molecule has 2 aromatic rings. The van der Waals surface area contributed by atoms with Gasteiger partial charge in [0.2, 0.25) is 0 Å². The molecule has 20 heavy (non-hydrogen) atoms. The van der Waals surface area contributed by atoms with Gasteiger partial charge in [-0.2, -0.15) is 0 Å². The normalized spacial score (nSPS) is 12.1. The molecule has 0 saturated carbocycles. The van der Waals surface area contributed by atoms with Crippen LogP contribution >= 0.6 is 0 Å². The van der Waals surface area contributed by atoms with E-state index < -0.39 is 6.10 Å². The van der Waals surface area contributed by atoms with Gasteiger partial charge in [0.05, 0.1) is 0 Å². The number of rotatable bonds is 6. The minimum absolute atomic E-state index is 0.182. The molecule has 2 nitrogen and oxygen atoms in total. The fraction of sp³-hybridized carbons (Fsp3) is 0.278. The first-order chi connectivity index (χ1) is 9.72. The van der Waals surface area contributed by atoms with E-state index in [1.165, 1.54) is 0 Å². The number of carbonyl (C=O) groups excluding carboxylic acids is 1. The summed E-state index contributed by atoms with van der Waals surface area (Å²) in [5.41, 5.74) is 2.77. The highest BCUT2D eigenvalue weighted by Crippen LogP contribution is 2.20. The molecule has 0 amide bonds. The quantitative estimate of drug-likeness (QED) is 0.801. The molecule has 0 aliphatic carbocycles. The second kappa shape index (κ2) is 7.01. The van der Waals surface area contributed by atoms with Crippen LogP contribution in [0.25, 0.3) is 11.1 Å². The lowest BCUT2D eigenvalue weighted by molar-refractivity contribution is 0.0726. The lowest BCUT2D eigenvalue weighted by Crippen LogP contribution is -2.20. The van der Waals surface area contributed by atoms with Crippen molar-refractivity contribution >= 4 is 5.78 Å². The molecule has 0 radical (unpaired) electrons. The number of benzene rings is 2. The Balaban J connectivity index is 2.10. The minimum atomic E-state index is -0.877. The molecule has 2 aromatic carbocycles. The Kier molecular flexibility index (Phi) is 5.08. The summed E-state index contributed by atoms with van der Waals surface area (Å²) >= 11 is 0. The molecule has 104 valence electrons. The van der Waals surface area contributed by atoms with E-state index in [0.717, 1.165) is 24.0 Å². The maximum absolute atomic E-state index is 12.0. The van der Waals surface area contributed by atoms with Gasteiger partial charge in [-0.15, -0.1) is 0 Å². The molecule has 1 atom stereocenters. The molecule has 1 unspecified atom stereocenters. The summed E-state index contributed by atoms with van der Waals surface area (Å²) in [6.07, 6.45) is 1.51. The number of hydrogen-bond acceptors (Lipinski definition) is 2. The average molecular weight is 268 g/mol. The Morgan fingerprint density at radius 3 is 2.20 bits per heavy atom. The van der Waals surface area contributed by atoms with Crippen molar-refractivity contribution in [2.75, 3.05) is 0 Å². The third-order valence-electron chi connectivity index (χ3n) is 3.41. The summed E-state index contributed by atoms with van der Waals surface area (Å²) in [6.45, 7) is 2.05. The van der Waals surface area contributed by atoms with E-state index in [1.54, 1.807) is 12.1 Å². The van der Waals surface area contributed by atoms with E-state index in [2.05, 4.69) is 0 Å². The third kappa shape index (κ3) is 3.55. The largest absolute Gasteiger partial charge is 0.385 e. The maximum Gasteiger partial charge on any atom is 0.191 e. The van der Waals surface area contributed by atoms with E-state index >= 15 is 0 Å². The van der Waals surface area contributed by atoms with E-state index in [9.17, 15) is 9.90 Å². The van der Waals surface area contributed by atoms with E-state index in [0.29, 0.717) is 12.0 Å². The van der Waals surface area contributed by atoms with Crippen LogP contribution in [-0.2, 0) is 0 Å². The van der Waals surface area contributed by atoms with Gasteiger partial charge in [0, 0.05) is 5.56 Å². The van der Waals surface area contributed by atoms with Gasteiger partial charge in [-0.3, -0.25) is 4.79 Å². The Labute approximate surface area is 120 Å². The molecular weight excluding hydrogens is 248 g/mol. The second-order valence-corrected chi connectivity index (χ2v) is 4.97. The maximum atomic E-state index is 12.0. The molecule has 2 rings (SSSR count). The first kappa shape index (κ1) is 14.5. The number of ketones is 1. The lowest BCUT2D eigenvalue weighted by Gasteiger charge is -2.09. The summed E-state index contributed by atoms with van der Waals surface area (Å²) in [5, 5.41) is 9.84. The average Bonchev–Trinajstić information content (AvgIpc) is 2.53. The monoisotopic (exact) mass is 268 g/mol.